The maximum absolute atomic E-state index is 6.02. The first-order valence-corrected chi connectivity index (χ1v) is 8.75. The fraction of sp³-hybridized carbons (Fsp3) is 0.167. The molecule has 2 N–H and O–H groups in total. The molecular weight excluding hydrogens is 318 g/mol. The number of hydrogen-bond acceptors (Lipinski definition) is 5. The second-order valence-electron chi connectivity index (χ2n) is 6.03. The lowest BCUT2D eigenvalue weighted by Crippen LogP contribution is -1.94. The molecule has 4 aromatic rings. The molecule has 6 heteroatoms. The highest BCUT2D eigenvalue weighted by Gasteiger charge is 2.29. The van der Waals surface area contributed by atoms with Crippen molar-refractivity contribution in [2.24, 2.45) is 0 Å². The monoisotopic (exact) mass is 333 g/mol. The first kappa shape index (κ1) is 13.7. The fourth-order valence-electron chi connectivity index (χ4n) is 3.03. The molecule has 0 radical (unpaired) electrons. The molecule has 1 aromatic carbocycles. The smallest absolute Gasteiger partial charge is 0.135 e. The third-order valence-electron chi connectivity index (χ3n) is 4.37. The summed E-state index contributed by atoms with van der Waals surface area (Å²) in [5.74, 6) is 0.529. The maximum Gasteiger partial charge on any atom is 0.135 e. The Bertz CT molecular complexity index is 1030. The summed E-state index contributed by atoms with van der Waals surface area (Å²) in [6, 6.07) is 13.0. The molecule has 0 unspecified atom stereocenters. The van der Waals surface area contributed by atoms with Crippen LogP contribution in [0.1, 0.15) is 18.9 Å². The Labute approximate surface area is 142 Å². The van der Waals surface area contributed by atoms with Gasteiger partial charge in [0.1, 0.15) is 17.0 Å². The van der Waals surface area contributed by atoms with Gasteiger partial charge >= 0.3 is 0 Å². The summed E-state index contributed by atoms with van der Waals surface area (Å²) >= 11 is 1.65. The number of thiophene rings is 1. The van der Waals surface area contributed by atoms with E-state index in [2.05, 4.69) is 32.7 Å². The normalized spacial score (nSPS) is 14.3. The van der Waals surface area contributed by atoms with Crippen molar-refractivity contribution in [3.63, 3.8) is 0 Å². The molecule has 0 atom stereocenters. The number of anilines is 1. The molecule has 0 bridgehead atoms. The predicted molar refractivity (Wildman–Crippen MR) is 96.8 cm³/mol. The van der Waals surface area contributed by atoms with Crippen LogP contribution in [0, 0.1) is 0 Å². The van der Waals surface area contributed by atoms with E-state index in [0.717, 1.165) is 32.0 Å². The first-order valence-electron chi connectivity index (χ1n) is 7.94. The Morgan fingerprint density at radius 2 is 1.92 bits per heavy atom. The zero-order valence-corrected chi connectivity index (χ0v) is 13.7. The molecule has 3 heterocycles. The van der Waals surface area contributed by atoms with Crippen molar-refractivity contribution in [2.45, 2.75) is 18.9 Å². The van der Waals surface area contributed by atoms with Crippen LogP contribution < -0.4 is 5.73 Å². The van der Waals surface area contributed by atoms with E-state index >= 15 is 0 Å². The van der Waals surface area contributed by atoms with Crippen molar-refractivity contribution in [1.29, 1.82) is 0 Å². The summed E-state index contributed by atoms with van der Waals surface area (Å²) in [6.07, 6.45) is 5.91. The summed E-state index contributed by atoms with van der Waals surface area (Å²) in [5, 5.41) is 0.917. The number of aromatic nitrogens is 4. The Morgan fingerprint density at radius 3 is 2.67 bits per heavy atom. The van der Waals surface area contributed by atoms with E-state index in [-0.39, 0.29) is 0 Å². The number of benzene rings is 1. The molecule has 118 valence electrons. The van der Waals surface area contributed by atoms with Crippen molar-refractivity contribution in [2.75, 3.05) is 5.73 Å². The molecule has 0 saturated heterocycles. The first-order chi connectivity index (χ1) is 11.8. The highest BCUT2D eigenvalue weighted by molar-refractivity contribution is 7.21. The maximum atomic E-state index is 6.02. The average molecular weight is 333 g/mol. The van der Waals surface area contributed by atoms with Crippen LogP contribution in [0.5, 0.6) is 0 Å². The van der Waals surface area contributed by atoms with Gasteiger partial charge in [-0.05, 0) is 18.9 Å². The van der Waals surface area contributed by atoms with E-state index in [1.165, 1.54) is 19.2 Å². The minimum absolute atomic E-state index is 0.529. The molecule has 5 nitrogen and oxygen atoms in total. The lowest BCUT2D eigenvalue weighted by molar-refractivity contribution is 0.749. The number of rotatable bonds is 3. The Kier molecular flexibility index (Phi) is 2.93. The van der Waals surface area contributed by atoms with Crippen LogP contribution in [-0.4, -0.2) is 19.5 Å². The van der Waals surface area contributed by atoms with Crippen LogP contribution in [0.2, 0.25) is 0 Å². The number of fused-ring (bicyclic) bond motifs is 1. The van der Waals surface area contributed by atoms with Crippen LogP contribution in [0.4, 0.5) is 5.82 Å². The number of nitrogens with two attached hydrogens (primary N) is 1. The van der Waals surface area contributed by atoms with E-state index in [1.54, 1.807) is 11.3 Å². The quantitative estimate of drug-likeness (QED) is 0.612. The van der Waals surface area contributed by atoms with Gasteiger partial charge in [-0.3, -0.25) is 0 Å². The van der Waals surface area contributed by atoms with E-state index < -0.39 is 0 Å². The van der Waals surface area contributed by atoms with Crippen LogP contribution in [0.15, 0.2) is 49.1 Å². The summed E-state index contributed by atoms with van der Waals surface area (Å²) in [5.41, 5.74) is 9.32. The van der Waals surface area contributed by atoms with Gasteiger partial charge in [0.25, 0.3) is 0 Å². The molecule has 0 spiro atoms. The van der Waals surface area contributed by atoms with Crippen molar-refractivity contribution in [3.8, 4) is 21.8 Å². The molecule has 1 aliphatic rings. The highest BCUT2D eigenvalue weighted by Crippen LogP contribution is 2.44. The SMILES string of the molecule is Nc1ncnc2sc(-c3c(-c4ccccc4)ncn3C3CC3)cc12. The predicted octanol–water partition coefficient (Wildman–Crippen LogP) is 4.14. The summed E-state index contributed by atoms with van der Waals surface area (Å²) in [4.78, 5) is 15.2. The van der Waals surface area contributed by atoms with Crippen molar-refractivity contribution < 1.29 is 0 Å². The second kappa shape index (κ2) is 5.14. The van der Waals surface area contributed by atoms with Gasteiger partial charge in [-0.15, -0.1) is 11.3 Å². The van der Waals surface area contributed by atoms with Gasteiger partial charge in [-0.25, -0.2) is 15.0 Å². The van der Waals surface area contributed by atoms with Gasteiger partial charge in [0.2, 0.25) is 0 Å². The molecule has 1 fully saturated rings. The van der Waals surface area contributed by atoms with Crippen LogP contribution in [0.3, 0.4) is 0 Å². The Hall–Kier alpha value is -2.73. The Balaban J connectivity index is 1.76. The van der Waals surface area contributed by atoms with E-state index in [0.29, 0.717) is 11.9 Å². The van der Waals surface area contributed by atoms with Gasteiger partial charge in [0.05, 0.1) is 28.0 Å². The van der Waals surface area contributed by atoms with E-state index in [4.69, 9.17) is 10.7 Å². The van der Waals surface area contributed by atoms with Crippen LogP contribution in [-0.2, 0) is 0 Å². The Morgan fingerprint density at radius 1 is 1.08 bits per heavy atom. The van der Waals surface area contributed by atoms with E-state index in [9.17, 15) is 0 Å². The molecule has 0 aliphatic heterocycles. The highest BCUT2D eigenvalue weighted by atomic mass is 32.1. The fourth-order valence-corrected chi connectivity index (χ4v) is 4.09. The van der Waals surface area contributed by atoms with Gasteiger partial charge in [0.15, 0.2) is 0 Å². The zero-order chi connectivity index (χ0) is 16.1. The van der Waals surface area contributed by atoms with Gasteiger partial charge < -0.3 is 10.3 Å². The van der Waals surface area contributed by atoms with Crippen molar-refractivity contribution >= 4 is 27.4 Å². The minimum Gasteiger partial charge on any atom is -0.383 e. The molecule has 3 aromatic heterocycles. The van der Waals surface area contributed by atoms with E-state index in [1.807, 2.05) is 24.5 Å². The number of nitrogen functional groups attached to an aromatic ring is 1. The van der Waals surface area contributed by atoms with Crippen molar-refractivity contribution in [3.05, 3.63) is 49.1 Å². The molecule has 1 aliphatic carbocycles. The molecular formula is C18H15N5S. The molecule has 5 rings (SSSR count). The third kappa shape index (κ3) is 2.11. The lowest BCUT2D eigenvalue weighted by Gasteiger charge is -2.07. The zero-order valence-electron chi connectivity index (χ0n) is 12.9. The van der Waals surface area contributed by atoms with Crippen LogP contribution >= 0.6 is 11.3 Å². The number of imidazole rings is 1. The summed E-state index contributed by atoms with van der Waals surface area (Å²) < 4.78 is 2.30. The van der Waals surface area contributed by atoms with Gasteiger partial charge in [-0.2, -0.15) is 0 Å². The number of hydrogen-bond donors (Lipinski definition) is 1. The molecule has 0 amide bonds. The largest absolute Gasteiger partial charge is 0.383 e. The van der Waals surface area contributed by atoms with Crippen molar-refractivity contribution in [1.82, 2.24) is 19.5 Å². The second-order valence-corrected chi connectivity index (χ2v) is 7.07. The molecule has 24 heavy (non-hydrogen) atoms. The number of nitrogens with zero attached hydrogens (tertiary/aromatic N) is 4. The van der Waals surface area contributed by atoms with Gasteiger partial charge in [-0.1, -0.05) is 30.3 Å². The topological polar surface area (TPSA) is 69.6 Å². The lowest BCUT2D eigenvalue weighted by atomic mass is 10.1. The summed E-state index contributed by atoms with van der Waals surface area (Å²) in [6.45, 7) is 0. The standard InChI is InChI=1S/C18H15N5S/c19-17-13-8-14(24-18(13)21-9-20-17)16-15(11-4-2-1-3-5-11)22-10-23(16)12-6-7-12/h1-5,8-10,12H,6-7H2,(H2,19,20,21). The molecule has 1 saturated carbocycles. The third-order valence-corrected chi connectivity index (χ3v) is 5.42. The average Bonchev–Trinajstić information content (AvgIpc) is 3.20. The van der Waals surface area contributed by atoms with Gasteiger partial charge in [0, 0.05) is 11.6 Å². The summed E-state index contributed by atoms with van der Waals surface area (Å²) in [7, 11) is 0. The minimum atomic E-state index is 0.529. The van der Waals surface area contributed by atoms with Crippen LogP contribution in [0.25, 0.3) is 32.0 Å².